The lowest BCUT2D eigenvalue weighted by Crippen LogP contribution is -2.29. The standard InChI is InChI=1S/C23H23N3O3/c27-22(24-18-9-11-20(12-10-18)26-13-2-1-3-14-26)17-6-4-7-19(16-17)25-23(28)21-8-5-15-29-21/h4-12,15-16H,1-3,13-14H2,(H,24,27)(H,25,28). The van der Waals surface area contributed by atoms with E-state index < -0.39 is 0 Å². The lowest BCUT2D eigenvalue weighted by atomic mass is 10.1. The van der Waals surface area contributed by atoms with E-state index in [0.717, 1.165) is 18.8 Å². The Hall–Kier alpha value is -3.54. The minimum absolute atomic E-state index is 0.216. The van der Waals surface area contributed by atoms with Crippen molar-refractivity contribution < 1.29 is 14.0 Å². The molecule has 0 bridgehead atoms. The van der Waals surface area contributed by atoms with Crippen LogP contribution < -0.4 is 15.5 Å². The van der Waals surface area contributed by atoms with Gasteiger partial charge in [0.2, 0.25) is 0 Å². The number of hydrogen-bond donors (Lipinski definition) is 2. The van der Waals surface area contributed by atoms with E-state index in [1.165, 1.54) is 31.2 Å². The van der Waals surface area contributed by atoms with Crippen LogP contribution in [0.25, 0.3) is 0 Å². The maximum atomic E-state index is 12.6. The van der Waals surface area contributed by atoms with Gasteiger partial charge in [-0.15, -0.1) is 0 Å². The van der Waals surface area contributed by atoms with E-state index in [9.17, 15) is 9.59 Å². The van der Waals surface area contributed by atoms with Gasteiger partial charge in [0.1, 0.15) is 0 Å². The zero-order valence-corrected chi connectivity index (χ0v) is 16.1. The van der Waals surface area contributed by atoms with Crippen LogP contribution in [0, 0.1) is 0 Å². The van der Waals surface area contributed by atoms with Crippen molar-refractivity contribution in [2.24, 2.45) is 0 Å². The first kappa shape index (κ1) is 18.8. The average Bonchev–Trinajstić information content (AvgIpc) is 3.30. The fraction of sp³-hybridized carbons (Fsp3) is 0.217. The average molecular weight is 389 g/mol. The van der Waals surface area contributed by atoms with E-state index in [1.807, 2.05) is 24.3 Å². The highest BCUT2D eigenvalue weighted by Gasteiger charge is 2.13. The number of hydrogen-bond acceptors (Lipinski definition) is 4. The number of piperidine rings is 1. The molecule has 1 saturated heterocycles. The summed E-state index contributed by atoms with van der Waals surface area (Å²) in [4.78, 5) is 27.1. The lowest BCUT2D eigenvalue weighted by Gasteiger charge is -2.28. The molecule has 1 aliphatic rings. The van der Waals surface area contributed by atoms with E-state index in [-0.39, 0.29) is 17.6 Å². The Balaban J connectivity index is 1.40. The number of carbonyl (C=O) groups excluding carboxylic acids is 2. The Morgan fingerprint density at radius 3 is 2.28 bits per heavy atom. The molecule has 1 fully saturated rings. The topological polar surface area (TPSA) is 74.6 Å². The summed E-state index contributed by atoms with van der Waals surface area (Å²) < 4.78 is 5.08. The first-order valence-electron chi connectivity index (χ1n) is 9.80. The zero-order valence-electron chi connectivity index (χ0n) is 16.1. The highest BCUT2D eigenvalue weighted by Crippen LogP contribution is 2.22. The van der Waals surface area contributed by atoms with Gasteiger partial charge < -0.3 is 20.0 Å². The first-order valence-corrected chi connectivity index (χ1v) is 9.80. The van der Waals surface area contributed by atoms with Gasteiger partial charge in [-0.2, -0.15) is 0 Å². The van der Waals surface area contributed by atoms with Gasteiger partial charge in [-0.25, -0.2) is 0 Å². The van der Waals surface area contributed by atoms with Gasteiger partial charge in [0.25, 0.3) is 11.8 Å². The van der Waals surface area contributed by atoms with Gasteiger partial charge in [-0.05, 0) is 73.9 Å². The molecule has 148 valence electrons. The largest absolute Gasteiger partial charge is 0.459 e. The summed E-state index contributed by atoms with van der Waals surface area (Å²) in [6, 6.07) is 18.0. The minimum atomic E-state index is -0.360. The van der Waals surface area contributed by atoms with Crippen LogP contribution in [0.15, 0.2) is 71.3 Å². The molecular weight excluding hydrogens is 366 g/mol. The molecule has 4 rings (SSSR count). The molecule has 6 nitrogen and oxygen atoms in total. The van der Waals surface area contributed by atoms with Gasteiger partial charge in [-0.3, -0.25) is 9.59 Å². The molecule has 0 unspecified atom stereocenters. The quantitative estimate of drug-likeness (QED) is 0.659. The fourth-order valence-electron chi connectivity index (χ4n) is 3.45. The summed E-state index contributed by atoms with van der Waals surface area (Å²) in [6.07, 6.45) is 5.19. The molecule has 2 heterocycles. The summed E-state index contributed by atoms with van der Waals surface area (Å²) in [5.41, 5.74) is 2.91. The molecule has 0 spiro atoms. The monoisotopic (exact) mass is 389 g/mol. The zero-order chi connectivity index (χ0) is 20.1. The molecule has 2 N–H and O–H groups in total. The highest BCUT2D eigenvalue weighted by molar-refractivity contribution is 6.06. The van der Waals surface area contributed by atoms with Gasteiger partial charge in [0.05, 0.1) is 6.26 Å². The number of furan rings is 1. The SMILES string of the molecule is O=C(Nc1ccc(N2CCCCC2)cc1)c1cccc(NC(=O)c2ccco2)c1. The van der Waals surface area contributed by atoms with E-state index in [1.54, 1.807) is 36.4 Å². The van der Waals surface area contributed by atoms with Crippen LogP contribution in [0.3, 0.4) is 0 Å². The normalized spacial score (nSPS) is 13.7. The maximum Gasteiger partial charge on any atom is 0.291 e. The number of carbonyl (C=O) groups is 2. The number of nitrogens with zero attached hydrogens (tertiary/aromatic N) is 1. The molecule has 6 heteroatoms. The van der Waals surface area contributed by atoms with Gasteiger partial charge in [-0.1, -0.05) is 6.07 Å². The molecule has 1 aliphatic heterocycles. The third kappa shape index (κ3) is 4.66. The Labute approximate surface area is 169 Å². The summed E-state index contributed by atoms with van der Waals surface area (Å²) in [5, 5.41) is 5.64. The summed E-state index contributed by atoms with van der Waals surface area (Å²) in [5.74, 6) is -0.376. The molecule has 2 aromatic carbocycles. The van der Waals surface area contributed by atoms with Gasteiger partial charge in [0.15, 0.2) is 5.76 Å². The third-order valence-electron chi connectivity index (χ3n) is 4.97. The minimum Gasteiger partial charge on any atom is -0.459 e. The van der Waals surface area contributed by atoms with Crippen LogP contribution >= 0.6 is 0 Å². The van der Waals surface area contributed by atoms with Crippen molar-refractivity contribution in [1.82, 2.24) is 0 Å². The van der Waals surface area contributed by atoms with Crippen LogP contribution in [-0.2, 0) is 0 Å². The third-order valence-corrected chi connectivity index (χ3v) is 4.97. The second kappa shape index (κ2) is 8.65. The maximum absolute atomic E-state index is 12.6. The first-order chi connectivity index (χ1) is 14.2. The van der Waals surface area contributed by atoms with Crippen molar-refractivity contribution in [3.8, 4) is 0 Å². The number of rotatable bonds is 5. The molecule has 2 amide bonds. The summed E-state index contributed by atoms with van der Waals surface area (Å²) >= 11 is 0. The second-order valence-corrected chi connectivity index (χ2v) is 7.06. The Bertz CT molecular complexity index is 975. The fourth-order valence-corrected chi connectivity index (χ4v) is 3.45. The molecule has 1 aromatic heterocycles. The van der Waals surface area contributed by atoms with Crippen molar-refractivity contribution in [2.75, 3.05) is 28.6 Å². The van der Waals surface area contributed by atoms with Crippen LogP contribution in [0.1, 0.15) is 40.2 Å². The predicted molar refractivity (Wildman–Crippen MR) is 114 cm³/mol. The number of nitrogens with one attached hydrogen (secondary N) is 2. The van der Waals surface area contributed by atoms with Crippen molar-refractivity contribution in [3.63, 3.8) is 0 Å². The highest BCUT2D eigenvalue weighted by atomic mass is 16.3. The molecule has 3 aromatic rings. The lowest BCUT2D eigenvalue weighted by molar-refractivity contribution is 0.0993. The molecule has 0 aliphatic carbocycles. The van der Waals surface area contributed by atoms with E-state index in [2.05, 4.69) is 15.5 Å². The van der Waals surface area contributed by atoms with Gasteiger partial charge >= 0.3 is 0 Å². The molecular formula is C23H23N3O3. The van der Waals surface area contributed by atoms with E-state index in [4.69, 9.17) is 4.42 Å². The van der Waals surface area contributed by atoms with Crippen molar-refractivity contribution in [2.45, 2.75) is 19.3 Å². The van der Waals surface area contributed by atoms with Gasteiger partial charge in [0, 0.05) is 35.7 Å². The molecule has 29 heavy (non-hydrogen) atoms. The van der Waals surface area contributed by atoms with Crippen LogP contribution in [0.5, 0.6) is 0 Å². The Kier molecular flexibility index (Phi) is 5.61. The van der Waals surface area contributed by atoms with Crippen molar-refractivity contribution >= 4 is 28.9 Å². The Morgan fingerprint density at radius 2 is 1.55 bits per heavy atom. The molecule has 0 saturated carbocycles. The summed E-state index contributed by atoms with van der Waals surface area (Å²) in [7, 11) is 0. The Morgan fingerprint density at radius 1 is 0.793 bits per heavy atom. The smallest absolute Gasteiger partial charge is 0.291 e. The number of benzene rings is 2. The predicted octanol–water partition coefficient (Wildman–Crippen LogP) is 4.77. The van der Waals surface area contributed by atoms with Crippen LogP contribution in [0.4, 0.5) is 17.1 Å². The van der Waals surface area contributed by atoms with Crippen LogP contribution in [-0.4, -0.2) is 24.9 Å². The number of amides is 2. The summed E-state index contributed by atoms with van der Waals surface area (Å²) in [6.45, 7) is 2.17. The van der Waals surface area contributed by atoms with Crippen LogP contribution in [0.2, 0.25) is 0 Å². The van der Waals surface area contributed by atoms with Crippen molar-refractivity contribution in [3.05, 3.63) is 78.3 Å². The second-order valence-electron chi connectivity index (χ2n) is 7.06. The number of anilines is 3. The van der Waals surface area contributed by atoms with E-state index in [0.29, 0.717) is 11.3 Å². The molecule has 0 atom stereocenters. The molecule has 0 radical (unpaired) electrons. The van der Waals surface area contributed by atoms with E-state index >= 15 is 0 Å². The van der Waals surface area contributed by atoms with Crippen molar-refractivity contribution in [1.29, 1.82) is 0 Å².